The van der Waals surface area contributed by atoms with Gasteiger partial charge in [-0.2, -0.15) is 0 Å². The molecule has 0 rings (SSSR count). The van der Waals surface area contributed by atoms with Crippen molar-refractivity contribution in [1.82, 2.24) is 10.0 Å². The highest BCUT2D eigenvalue weighted by atomic mass is 35.5. The molecule has 0 bridgehead atoms. The predicted octanol–water partition coefficient (Wildman–Crippen LogP) is 0.513. The van der Waals surface area contributed by atoms with E-state index < -0.39 is 10.0 Å². The van der Waals surface area contributed by atoms with Crippen molar-refractivity contribution in [3.05, 3.63) is 12.7 Å². The molecule has 14 heavy (non-hydrogen) atoms. The normalized spacial score (nSPS) is 10.6. The van der Waals surface area contributed by atoms with E-state index in [1.165, 1.54) is 0 Å². The minimum atomic E-state index is -3.09. The van der Waals surface area contributed by atoms with E-state index in [0.29, 0.717) is 19.5 Å². The molecular weight excluding hydrogens is 224 g/mol. The van der Waals surface area contributed by atoms with E-state index in [1.54, 1.807) is 6.08 Å². The van der Waals surface area contributed by atoms with Gasteiger partial charge in [-0.15, -0.1) is 19.0 Å². The molecule has 0 aliphatic carbocycles. The smallest absolute Gasteiger partial charge is 0.211 e. The molecule has 0 atom stereocenters. The van der Waals surface area contributed by atoms with Crippen LogP contribution < -0.4 is 10.0 Å². The molecule has 0 amide bonds. The lowest BCUT2D eigenvalue weighted by molar-refractivity contribution is 0.577. The van der Waals surface area contributed by atoms with Gasteiger partial charge in [0.2, 0.25) is 10.0 Å². The van der Waals surface area contributed by atoms with Crippen LogP contribution in [0.5, 0.6) is 0 Å². The van der Waals surface area contributed by atoms with E-state index in [4.69, 9.17) is 0 Å². The quantitative estimate of drug-likeness (QED) is 0.482. The molecule has 0 fully saturated rings. The van der Waals surface area contributed by atoms with Crippen LogP contribution in [-0.4, -0.2) is 33.8 Å². The molecule has 0 saturated heterocycles. The Bertz CT molecular complexity index is 229. The van der Waals surface area contributed by atoms with Gasteiger partial charge in [-0.1, -0.05) is 13.0 Å². The van der Waals surface area contributed by atoms with Crippen LogP contribution in [0.15, 0.2) is 12.7 Å². The van der Waals surface area contributed by atoms with Gasteiger partial charge in [-0.05, 0) is 13.0 Å². The van der Waals surface area contributed by atoms with Crippen molar-refractivity contribution >= 4 is 22.4 Å². The van der Waals surface area contributed by atoms with Gasteiger partial charge in [0, 0.05) is 13.1 Å². The summed E-state index contributed by atoms with van der Waals surface area (Å²) < 4.78 is 24.8. The minimum Gasteiger partial charge on any atom is -0.316 e. The maximum atomic E-state index is 11.2. The summed E-state index contributed by atoms with van der Waals surface area (Å²) >= 11 is 0. The second-order valence-corrected chi connectivity index (χ2v) is 4.57. The lowest BCUT2D eigenvalue weighted by Crippen LogP contribution is -2.33. The Morgan fingerprint density at radius 1 is 1.36 bits per heavy atom. The van der Waals surface area contributed by atoms with Crippen molar-refractivity contribution in [1.29, 1.82) is 0 Å². The molecule has 6 heteroatoms. The Kier molecular flexibility index (Phi) is 11.0. The Morgan fingerprint density at radius 2 is 2.00 bits per heavy atom. The summed E-state index contributed by atoms with van der Waals surface area (Å²) in [5, 5.41) is 3.03. The molecule has 0 aromatic carbocycles. The standard InChI is InChI=1S/C8H18N2O2S.ClH/c1-3-5-8-13(11,12)10-7-6-9-4-2;/h3,9-10H,1,4-8H2,2H3;1H. The SMILES string of the molecule is C=CCCS(=O)(=O)NCCNCC.Cl. The fourth-order valence-electron chi connectivity index (χ4n) is 0.782. The first kappa shape index (κ1) is 16.3. The van der Waals surface area contributed by atoms with Gasteiger partial charge >= 0.3 is 0 Å². The second-order valence-electron chi connectivity index (χ2n) is 2.64. The lowest BCUT2D eigenvalue weighted by Gasteiger charge is -2.05. The molecule has 0 aromatic heterocycles. The highest BCUT2D eigenvalue weighted by Crippen LogP contribution is 1.88. The fraction of sp³-hybridized carbons (Fsp3) is 0.750. The predicted molar refractivity (Wildman–Crippen MR) is 62.4 cm³/mol. The van der Waals surface area contributed by atoms with Crippen molar-refractivity contribution in [3.63, 3.8) is 0 Å². The molecule has 4 nitrogen and oxygen atoms in total. The first-order valence-electron chi connectivity index (χ1n) is 4.41. The van der Waals surface area contributed by atoms with Crippen LogP contribution in [0.2, 0.25) is 0 Å². The number of allylic oxidation sites excluding steroid dienone is 1. The van der Waals surface area contributed by atoms with Crippen molar-refractivity contribution < 1.29 is 8.42 Å². The maximum Gasteiger partial charge on any atom is 0.211 e. The Hall–Kier alpha value is -0.100. The zero-order valence-corrected chi connectivity index (χ0v) is 10.1. The largest absolute Gasteiger partial charge is 0.316 e. The molecule has 2 N–H and O–H groups in total. The van der Waals surface area contributed by atoms with Crippen molar-refractivity contribution in [2.75, 3.05) is 25.4 Å². The number of hydrogen-bond acceptors (Lipinski definition) is 3. The highest BCUT2D eigenvalue weighted by molar-refractivity contribution is 7.89. The van der Waals surface area contributed by atoms with Gasteiger partial charge in [0.05, 0.1) is 5.75 Å². The molecule has 0 aromatic rings. The van der Waals surface area contributed by atoms with Gasteiger partial charge < -0.3 is 5.32 Å². The molecule has 0 unspecified atom stereocenters. The summed E-state index contributed by atoms with van der Waals surface area (Å²) in [6.45, 7) is 7.42. The summed E-state index contributed by atoms with van der Waals surface area (Å²) in [5.41, 5.74) is 0. The molecule has 0 aliphatic rings. The number of rotatable bonds is 8. The molecule has 86 valence electrons. The summed E-state index contributed by atoms with van der Waals surface area (Å²) in [5.74, 6) is 0.128. The van der Waals surface area contributed by atoms with Crippen LogP contribution in [0.4, 0.5) is 0 Å². The zero-order chi connectivity index (χ0) is 10.2. The Balaban J connectivity index is 0. The molecule has 0 heterocycles. The van der Waals surface area contributed by atoms with Gasteiger partial charge in [-0.25, -0.2) is 13.1 Å². The molecule has 0 saturated carbocycles. The molecule has 0 spiro atoms. The lowest BCUT2D eigenvalue weighted by atomic mass is 10.5. The topological polar surface area (TPSA) is 58.2 Å². The number of likely N-dealkylation sites (N-methyl/N-ethyl adjacent to an activating group) is 1. The minimum absolute atomic E-state index is 0. The average Bonchev–Trinajstić information content (AvgIpc) is 2.09. The third kappa shape index (κ3) is 9.98. The second kappa shape index (κ2) is 9.45. The molecule has 0 radical (unpaired) electrons. The molecular formula is C8H19ClN2O2S. The monoisotopic (exact) mass is 242 g/mol. The Morgan fingerprint density at radius 3 is 2.50 bits per heavy atom. The van der Waals surface area contributed by atoms with Gasteiger partial charge in [0.1, 0.15) is 0 Å². The summed E-state index contributed by atoms with van der Waals surface area (Å²) in [7, 11) is -3.09. The van der Waals surface area contributed by atoms with E-state index in [-0.39, 0.29) is 18.2 Å². The van der Waals surface area contributed by atoms with E-state index >= 15 is 0 Å². The van der Waals surface area contributed by atoms with Crippen LogP contribution in [0.3, 0.4) is 0 Å². The van der Waals surface area contributed by atoms with Crippen LogP contribution in [0, 0.1) is 0 Å². The number of nitrogens with one attached hydrogen (secondary N) is 2. The van der Waals surface area contributed by atoms with E-state index in [2.05, 4.69) is 16.6 Å². The van der Waals surface area contributed by atoms with E-state index in [9.17, 15) is 8.42 Å². The van der Waals surface area contributed by atoms with Crippen LogP contribution in [0.1, 0.15) is 13.3 Å². The summed E-state index contributed by atoms with van der Waals surface area (Å²) in [6.07, 6.45) is 2.10. The first-order valence-corrected chi connectivity index (χ1v) is 6.06. The van der Waals surface area contributed by atoms with Crippen LogP contribution in [0.25, 0.3) is 0 Å². The fourth-order valence-corrected chi connectivity index (χ4v) is 1.82. The van der Waals surface area contributed by atoms with Crippen molar-refractivity contribution in [2.24, 2.45) is 0 Å². The van der Waals surface area contributed by atoms with Crippen LogP contribution in [-0.2, 0) is 10.0 Å². The number of halogens is 1. The zero-order valence-electron chi connectivity index (χ0n) is 8.45. The van der Waals surface area contributed by atoms with Crippen molar-refractivity contribution in [3.8, 4) is 0 Å². The third-order valence-corrected chi connectivity index (χ3v) is 2.88. The first-order chi connectivity index (χ1) is 6.12. The summed E-state index contributed by atoms with van der Waals surface area (Å²) in [4.78, 5) is 0. The maximum absolute atomic E-state index is 11.2. The van der Waals surface area contributed by atoms with Gasteiger partial charge in [0.15, 0.2) is 0 Å². The molecule has 0 aliphatic heterocycles. The van der Waals surface area contributed by atoms with Crippen molar-refractivity contribution in [2.45, 2.75) is 13.3 Å². The van der Waals surface area contributed by atoms with E-state index in [1.807, 2.05) is 6.92 Å². The van der Waals surface area contributed by atoms with Gasteiger partial charge in [0.25, 0.3) is 0 Å². The number of hydrogen-bond donors (Lipinski definition) is 2. The third-order valence-electron chi connectivity index (χ3n) is 1.46. The van der Waals surface area contributed by atoms with E-state index in [0.717, 1.165) is 6.54 Å². The summed E-state index contributed by atoms with van der Waals surface area (Å²) in [6, 6.07) is 0. The average molecular weight is 243 g/mol. The Labute approximate surface area is 92.6 Å². The highest BCUT2D eigenvalue weighted by Gasteiger charge is 2.06. The van der Waals surface area contributed by atoms with Gasteiger partial charge in [-0.3, -0.25) is 0 Å². The van der Waals surface area contributed by atoms with Crippen LogP contribution >= 0.6 is 12.4 Å². The number of sulfonamides is 1.